The van der Waals surface area contributed by atoms with Crippen LogP contribution in [0.5, 0.6) is 0 Å². The summed E-state index contributed by atoms with van der Waals surface area (Å²) in [4.78, 5) is 11.9. The molecule has 21 heavy (non-hydrogen) atoms. The second-order valence-electron chi connectivity index (χ2n) is 4.75. The first kappa shape index (κ1) is 18.8. The Labute approximate surface area is 125 Å². The minimum absolute atomic E-state index is 0. The molecular weight excluding hydrogens is 264 g/mol. The van der Waals surface area contributed by atoms with E-state index < -0.39 is 6.10 Å². The van der Waals surface area contributed by atoms with Crippen molar-refractivity contribution in [3.8, 4) is 0 Å². The highest BCUT2D eigenvalue weighted by Crippen LogP contribution is 2.17. The smallest absolute Gasteiger partial charge is 0.195 e. The third-order valence-corrected chi connectivity index (χ3v) is 2.42. The molecule has 0 fully saturated rings. The van der Waals surface area contributed by atoms with E-state index in [1.807, 2.05) is 26.0 Å². The third kappa shape index (κ3) is 6.65. The Hall–Kier alpha value is -2.23. The zero-order valence-electron chi connectivity index (χ0n) is 12.4. The summed E-state index contributed by atoms with van der Waals surface area (Å²) >= 11 is 0. The zero-order valence-corrected chi connectivity index (χ0v) is 12.4. The highest BCUT2D eigenvalue weighted by Gasteiger charge is 2.18. The fourth-order valence-corrected chi connectivity index (χ4v) is 1.55. The zero-order chi connectivity index (χ0) is 15.0. The number of hydrogen-bond acceptors (Lipinski definition) is 2. The summed E-state index contributed by atoms with van der Waals surface area (Å²) in [6, 6.07) is 17.7. The molecule has 3 N–H and O–H groups in total. The highest BCUT2D eigenvalue weighted by atomic mass is 16.3. The van der Waals surface area contributed by atoms with Crippen LogP contribution in [0.1, 0.15) is 35.9 Å². The van der Waals surface area contributed by atoms with E-state index in [0.29, 0.717) is 11.1 Å². The molecule has 0 aliphatic carbocycles. The van der Waals surface area contributed by atoms with Crippen LogP contribution in [0.15, 0.2) is 72.8 Å². The Morgan fingerprint density at radius 3 is 1.76 bits per heavy atom. The molecule has 112 valence electrons. The van der Waals surface area contributed by atoms with Crippen molar-refractivity contribution in [3.63, 3.8) is 0 Å². The Morgan fingerprint density at radius 2 is 1.33 bits per heavy atom. The second kappa shape index (κ2) is 9.64. The molecule has 0 saturated heterocycles. The van der Waals surface area contributed by atoms with Gasteiger partial charge < -0.3 is 10.6 Å². The van der Waals surface area contributed by atoms with E-state index in [0.717, 1.165) is 0 Å². The number of allylic oxidation sites excluding steroid dienone is 1. The van der Waals surface area contributed by atoms with Gasteiger partial charge in [0.1, 0.15) is 6.10 Å². The Kier molecular flexibility index (Phi) is 8.62. The average molecular weight is 286 g/mol. The lowest BCUT2D eigenvalue weighted by atomic mass is 10.0. The van der Waals surface area contributed by atoms with Gasteiger partial charge in [0.05, 0.1) is 0 Å². The quantitative estimate of drug-likeness (QED) is 0.694. The molecule has 0 heterocycles. The molecule has 2 aromatic rings. The van der Waals surface area contributed by atoms with E-state index >= 15 is 0 Å². The lowest BCUT2D eigenvalue weighted by Gasteiger charge is -2.09. The van der Waals surface area contributed by atoms with Crippen LogP contribution in [0, 0.1) is 0 Å². The summed E-state index contributed by atoms with van der Waals surface area (Å²) < 4.78 is 0. The van der Waals surface area contributed by atoms with Crippen LogP contribution in [-0.4, -0.2) is 16.4 Å². The Bertz CT molecular complexity index is 543. The van der Waals surface area contributed by atoms with Gasteiger partial charge in [0.25, 0.3) is 0 Å². The van der Waals surface area contributed by atoms with Crippen molar-refractivity contribution in [1.82, 2.24) is 0 Å². The number of carbonyl (C=O) groups excluding carboxylic acids is 1. The molecule has 0 amide bonds. The van der Waals surface area contributed by atoms with Gasteiger partial charge in [0, 0.05) is 5.56 Å². The van der Waals surface area contributed by atoms with Crippen LogP contribution < -0.4 is 0 Å². The standard InChI is InChI=1S/C14H12O2.C4H8.H2O/c15-13(11-7-3-1-4-8-11)14(16)12-9-5-2-6-10-12;1-4(2)3;/h1-10,13,15H;1H2,2-3H3;1H2. The first-order valence-corrected chi connectivity index (χ1v) is 6.46. The van der Waals surface area contributed by atoms with Crippen molar-refractivity contribution in [2.24, 2.45) is 0 Å². The minimum Gasteiger partial charge on any atom is -0.412 e. The number of carbonyl (C=O) groups is 1. The summed E-state index contributed by atoms with van der Waals surface area (Å²) in [6.07, 6.45) is -1.08. The van der Waals surface area contributed by atoms with Gasteiger partial charge in [-0.1, -0.05) is 66.2 Å². The number of aliphatic hydroxyl groups excluding tert-OH is 1. The number of hydrogen-bond donors (Lipinski definition) is 1. The predicted octanol–water partition coefficient (Wildman–Crippen LogP) is 3.36. The lowest BCUT2D eigenvalue weighted by Crippen LogP contribution is -2.11. The number of rotatable bonds is 3. The number of Topliss-reactive ketones (excluding diaryl/α,β-unsaturated/α-hetero) is 1. The molecule has 2 aromatic carbocycles. The van der Waals surface area contributed by atoms with E-state index in [-0.39, 0.29) is 11.3 Å². The van der Waals surface area contributed by atoms with Crippen molar-refractivity contribution < 1.29 is 15.4 Å². The maximum atomic E-state index is 11.9. The van der Waals surface area contributed by atoms with E-state index in [4.69, 9.17) is 0 Å². The molecule has 1 atom stereocenters. The molecule has 0 aliphatic rings. The van der Waals surface area contributed by atoms with Gasteiger partial charge in [-0.15, -0.1) is 6.58 Å². The molecule has 0 saturated carbocycles. The van der Waals surface area contributed by atoms with Gasteiger partial charge in [-0.05, 0) is 19.4 Å². The van der Waals surface area contributed by atoms with Gasteiger partial charge >= 0.3 is 0 Å². The maximum Gasteiger partial charge on any atom is 0.195 e. The summed E-state index contributed by atoms with van der Waals surface area (Å²) in [6.45, 7) is 7.50. The molecule has 3 nitrogen and oxygen atoms in total. The van der Waals surface area contributed by atoms with Crippen LogP contribution in [-0.2, 0) is 0 Å². The summed E-state index contributed by atoms with van der Waals surface area (Å²) in [5.41, 5.74) is 2.32. The summed E-state index contributed by atoms with van der Waals surface area (Å²) in [5.74, 6) is -0.271. The summed E-state index contributed by atoms with van der Waals surface area (Å²) in [5, 5.41) is 9.89. The van der Waals surface area contributed by atoms with Gasteiger partial charge in [-0.2, -0.15) is 0 Å². The van der Waals surface area contributed by atoms with Crippen molar-refractivity contribution in [1.29, 1.82) is 0 Å². The van der Waals surface area contributed by atoms with Crippen LogP contribution in [0.3, 0.4) is 0 Å². The van der Waals surface area contributed by atoms with Gasteiger partial charge in [-0.3, -0.25) is 4.79 Å². The maximum absolute atomic E-state index is 11.9. The van der Waals surface area contributed by atoms with E-state index in [2.05, 4.69) is 6.58 Å². The lowest BCUT2D eigenvalue weighted by molar-refractivity contribution is 0.0747. The SMILES string of the molecule is C=C(C)C.O.O=C(c1ccccc1)C(O)c1ccccc1. The molecule has 0 spiro atoms. The first-order valence-electron chi connectivity index (χ1n) is 6.46. The molecule has 3 heteroatoms. The highest BCUT2D eigenvalue weighted by molar-refractivity contribution is 5.99. The average Bonchev–Trinajstić information content (AvgIpc) is 2.47. The van der Waals surface area contributed by atoms with Gasteiger partial charge in [-0.25, -0.2) is 0 Å². The second-order valence-corrected chi connectivity index (χ2v) is 4.75. The van der Waals surface area contributed by atoms with Crippen LogP contribution in [0.2, 0.25) is 0 Å². The molecule has 1 unspecified atom stereocenters. The Balaban J connectivity index is 0.000000715. The van der Waals surface area contributed by atoms with Crippen LogP contribution in [0.4, 0.5) is 0 Å². The molecule has 0 radical (unpaired) electrons. The number of aliphatic hydroxyl groups is 1. The molecule has 0 aliphatic heterocycles. The topological polar surface area (TPSA) is 68.8 Å². The largest absolute Gasteiger partial charge is 0.412 e. The van der Waals surface area contributed by atoms with Crippen LogP contribution in [0.25, 0.3) is 0 Å². The van der Waals surface area contributed by atoms with Gasteiger partial charge in [0.2, 0.25) is 0 Å². The van der Waals surface area contributed by atoms with E-state index in [1.54, 1.807) is 48.5 Å². The minimum atomic E-state index is -1.08. The predicted molar refractivity (Wildman–Crippen MR) is 86.3 cm³/mol. The molecule has 0 bridgehead atoms. The van der Waals surface area contributed by atoms with E-state index in [1.165, 1.54) is 5.57 Å². The normalized spacial score (nSPS) is 10.4. The number of benzene rings is 2. The molecule has 0 aromatic heterocycles. The Morgan fingerprint density at radius 1 is 0.952 bits per heavy atom. The van der Waals surface area contributed by atoms with Crippen molar-refractivity contribution in [2.45, 2.75) is 20.0 Å². The van der Waals surface area contributed by atoms with Crippen molar-refractivity contribution in [3.05, 3.63) is 83.9 Å². The van der Waals surface area contributed by atoms with Gasteiger partial charge in [0.15, 0.2) is 5.78 Å². The first-order chi connectivity index (χ1) is 9.52. The van der Waals surface area contributed by atoms with E-state index in [9.17, 15) is 9.90 Å². The number of ketones is 1. The fourth-order valence-electron chi connectivity index (χ4n) is 1.55. The summed E-state index contributed by atoms with van der Waals surface area (Å²) in [7, 11) is 0. The fraction of sp³-hybridized carbons (Fsp3) is 0.167. The molecule has 2 rings (SSSR count). The third-order valence-electron chi connectivity index (χ3n) is 2.42. The molecular formula is C18H22O3. The van der Waals surface area contributed by atoms with Crippen molar-refractivity contribution in [2.75, 3.05) is 0 Å². The van der Waals surface area contributed by atoms with Crippen molar-refractivity contribution >= 4 is 5.78 Å². The monoisotopic (exact) mass is 286 g/mol. The van der Waals surface area contributed by atoms with Crippen LogP contribution >= 0.6 is 0 Å².